The number of halogens is 1. The summed E-state index contributed by atoms with van der Waals surface area (Å²) in [4.78, 5) is 12.1. The van der Waals surface area contributed by atoms with Crippen LogP contribution in [-0.4, -0.2) is 27.5 Å². The van der Waals surface area contributed by atoms with Gasteiger partial charge in [0.05, 0.1) is 11.9 Å². The molecule has 2 atom stereocenters. The van der Waals surface area contributed by atoms with E-state index >= 15 is 0 Å². The maximum Gasteiger partial charge on any atom is 0.283 e. The van der Waals surface area contributed by atoms with Crippen LogP contribution in [0.15, 0.2) is 15.5 Å². The van der Waals surface area contributed by atoms with Gasteiger partial charge in [-0.1, -0.05) is 19.8 Å². The van der Waals surface area contributed by atoms with Crippen molar-refractivity contribution >= 4 is 21.6 Å². The minimum absolute atomic E-state index is 0.104. The molecule has 0 spiro atoms. The number of aromatic nitrogens is 2. The van der Waals surface area contributed by atoms with E-state index in [9.17, 15) is 9.90 Å². The first kappa shape index (κ1) is 15.5. The molecular formula is C14H22BrN3O2. The number of anilines is 1. The fourth-order valence-corrected chi connectivity index (χ4v) is 3.17. The molecule has 1 aromatic rings. The Kier molecular flexibility index (Phi) is 5.60. The zero-order valence-electron chi connectivity index (χ0n) is 11.8. The van der Waals surface area contributed by atoms with Crippen molar-refractivity contribution in [1.82, 2.24) is 9.78 Å². The van der Waals surface area contributed by atoms with E-state index in [1.165, 1.54) is 11.1 Å². The van der Waals surface area contributed by atoms with Crippen molar-refractivity contribution in [3.8, 4) is 0 Å². The summed E-state index contributed by atoms with van der Waals surface area (Å²) < 4.78 is 2.00. The number of hydrogen-bond donors (Lipinski definition) is 2. The van der Waals surface area contributed by atoms with Crippen molar-refractivity contribution in [2.24, 2.45) is 5.92 Å². The number of rotatable bonds is 5. The van der Waals surface area contributed by atoms with Gasteiger partial charge in [0.25, 0.3) is 5.56 Å². The van der Waals surface area contributed by atoms with Gasteiger partial charge in [0, 0.05) is 25.1 Å². The summed E-state index contributed by atoms with van der Waals surface area (Å²) in [5.74, 6) is 0.258. The monoisotopic (exact) mass is 343 g/mol. The van der Waals surface area contributed by atoms with Crippen LogP contribution >= 0.6 is 15.9 Å². The number of nitrogens with zero attached hydrogens (tertiary/aromatic N) is 2. The normalized spacial score (nSPS) is 22.8. The summed E-state index contributed by atoms with van der Waals surface area (Å²) >= 11 is 3.37. The predicted octanol–water partition coefficient (Wildman–Crippen LogP) is 2.38. The summed E-state index contributed by atoms with van der Waals surface area (Å²) in [5.41, 5.74) is 0.626. The molecule has 2 unspecified atom stereocenters. The third-order valence-electron chi connectivity index (χ3n) is 3.90. The highest BCUT2D eigenvalue weighted by atomic mass is 79.9. The molecule has 1 fully saturated rings. The number of hydrogen-bond acceptors (Lipinski definition) is 4. The zero-order chi connectivity index (χ0) is 14.5. The smallest absolute Gasteiger partial charge is 0.283 e. The van der Waals surface area contributed by atoms with E-state index in [1.54, 1.807) is 6.20 Å². The van der Waals surface area contributed by atoms with Gasteiger partial charge in [-0.2, -0.15) is 5.10 Å². The maximum atomic E-state index is 12.1. The molecule has 2 rings (SSSR count). The van der Waals surface area contributed by atoms with Crippen molar-refractivity contribution in [3.63, 3.8) is 0 Å². The Morgan fingerprint density at radius 2 is 2.25 bits per heavy atom. The first-order chi connectivity index (χ1) is 9.67. The third kappa shape index (κ3) is 3.41. The number of nitrogens with one attached hydrogen (secondary N) is 1. The van der Waals surface area contributed by atoms with Crippen LogP contribution in [0.4, 0.5) is 5.69 Å². The van der Waals surface area contributed by atoms with Crippen LogP contribution < -0.4 is 10.9 Å². The predicted molar refractivity (Wildman–Crippen MR) is 82.9 cm³/mol. The second-order valence-corrected chi connectivity index (χ2v) is 6.17. The largest absolute Gasteiger partial charge is 0.396 e. The van der Waals surface area contributed by atoms with Gasteiger partial charge in [0.15, 0.2) is 0 Å². The lowest BCUT2D eigenvalue weighted by atomic mass is 9.85. The summed E-state index contributed by atoms with van der Waals surface area (Å²) in [6.45, 7) is 2.83. The Morgan fingerprint density at radius 1 is 1.50 bits per heavy atom. The number of aliphatic hydroxyl groups excluding tert-OH is 1. The van der Waals surface area contributed by atoms with Gasteiger partial charge >= 0.3 is 0 Å². The van der Waals surface area contributed by atoms with Crippen molar-refractivity contribution < 1.29 is 5.11 Å². The standard InChI is InChI=1S/C14H22BrN3O2/c1-2-7-18-14(20)13(15)12(8-16-18)17-11-6-4-3-5-10(11)9-19/h8,10-11,17,19H,2-7,9H2,1H3. The van der Waals surface area contributed by atoms with Gasteiger partial charge in [-0.15, -0.1) is 0 Å². The quantitative estimate of drug-likeness (QED) is 0.861. The van der Waals surface area contributed by atoms with Crippen LogP contribution in [0, 0.1) is 5.92 Å². The topological polar surface area (TPSA) is 67.2 Å². The second kappa shape index (κ2) is 7.22. The zero-order valence-corrected chi connectivity index (χ0v) is 13.4. The Labute approximate surface area is 127 Å². The van der Waals surface area contributed by atoms with Crippen molar-refractivity contribution in [1.29, 1.82) is 0 Å². The van der Waals surface area contributed by atoms with Crippen molar-refractivity contribution in [3.05, 3.63) is 21.0 Å². The summed E-state index contributed by atoms with van der Waals surface area (Å²) in [7, 11) is 0. The maximum absolute atomic E-state index is 12.1. The highest BCUT2D eigenvalue weighted by molar-refractivity contribution is 9.10. The van der Waals surface area contributed by atoms with Crippen molar-refractivity contribution in [2.75, 3.05) is 11.9 Å². The molecule has 5 nitrogen and oxygen atoms in total. The van der Waals surface area contributed by atoms with Crippen LogP contribution in [-0.2, 0) is 6.54 Å². The minimum atomic E-state index is -0.104. The van der Waals surface area contributed by atoms with Crippen LogP contribution in [0.3, 0.4) is 0 Å². The fraction of sp³-hybridized carbons (Fsp3) is 0.714. The molecule has 1 aromatic heterocycles. The van der Waals surface area contributed by atoms with Crippen molar-refractivity contribution in [2.45, 2.75) is 51.6 Å². The van der Waals surface area contributed by atoms with Gasteiger partial charge in [0.1, 0.15) is 4.47 Å². The van der Waals surface area contributed by atoms with E-state index in [2.05, 4.69) is 26.3 Å². The average Bonchev–Trinajstić information content (AvgIpc) is 2.47. The molecule has 0 aromatic carbocycles. The molecule has 1 saturated carbocycles. The molecule has 0 aliphatic heterocycles. The van der Waals surface area contributed by atoms with Gasteiger partial charge in [0.2, 0.25) is 0 Å². The first-order valence-electron chi connectivity index (χ1n) is 7.30. The number of aryl methyl sites for hydroxylation is 1. The van der Waals surface area contributed by atoms with Crippen LogP contribution in [0.1, 0.15) is 39.0 Å². The van der Waals surface area contributed by atoms with E-state index in [0.29, 0.717) is 11.0 Å². The van der Waals surface area contributed by atoms with E-state index in [-0.39, 0.29) is 24.1 Å². The van der Waals surface area contributed by atoms with E-state index in [1.807, 2.05) is 6.92 Å². The molecule has 20 heavy (non-hydrogen) atoms. The Morgan fingerprint density at radius 3 is 2.95 bits per heavy atom. The molecular weight excluding hydrogens is 322 g/mol. The SMILES string of the molecule is CCCn1ncc(NC2CCCCC2CO)c(Br)c1=O. The fourth-order valence-electron chi connectivity index (χ4n) is 2.75. The molecule has 0 amide bonds. The molecule has 2 N–H and O–H groups in total. The van der Waals surface area contributed by atoms with Gasteiger partial charge in [-0.25, -0.2) is 4.68 Å². The lowest BCUT2D eigenvalue weighted by Gasteiger charge is -2.31. The Bertz CT molecular complexity index is 504. The average molecular weight is 344 g/mol. The van der Waals surface area contributed by atoms with E-state index < -0.39 is 0 Å². The van der Waals surface area contributed by atoms with E-state index in [4.69, 9.17) is 0 Å². The Hall–Kier alpha value is -0.880. The van der Waals surface area contributed by atoms with Gasteiger partial charge in [-0.3, -0.25) is 4.79 Å². The highest BCUT2D eigenvalue weighted by Gasteiger charge is 2.25. The highest BCUT2D eigenvalue weighted by Crippen LogP contribution is 2.28. The van der Waals surface area contributed by atoms with Crippen LogP contribution in [0.25, 0.3) is 0 Å². The number of aliphatic hydroxyl groups is 1. The second-order valence-electron chi connectivity index (χ2n) is 5.38. The third-order valence-corrected chi connectivity index (χ3v) is 4.67. The molecule has 0 bridgehead atoms. The minimum Gasteiger partial charge on any atom is -0.396 e. The molecule has 1 heterocycles. The molecule has 1 aliphatic carbocycles. The molecule has 1 aliphatic rings. The van der Waals surface area contributed by atoms with Gasteiger partial charge in [-0.05, 0) is 35.2 Å². The summed E-state index contributed by atoms with van der Waals surface area (Å²) in [5, 5.41) is 17.0. The van der Waals surface area contributed by atoms with E-state index in [0.717, 1.165) is 31.4 Å². The van der Waals surface area contributed by atoms with Crippen LogP contribution in [0.5, 0.6) is 0 Å². The lowest BCUT2D eigenvalue weighted by molar-refractivity contribution is 0.178. The lowest BCUT2D eigenvalue weighted by Crippen LogP contribution is -2.35. The summed E-state index contributed by atoms with van der Waals surface area (Å²) in [6, 6.07) is 0.216. The summed E-state index contributed by atoms with van der Waals surface area (Å²) in [6.07, 6.45) is 6.96. The van der Waals surface area contributed by atoms with Gasteiger partial charge < -0.3 is 10.4 Å². The molecule has 6 heteroatoms. The van der Waals surface area contributed by atoms with Crippen LogP contribution in [0.2, 0.25) is 0 Å². The Balaban J connectivity index is 2.17. The first-order valence-corrected chi connectivity index (χ1v) is 8.09. The molecule has 0 radical (unpaired) electrons. The molecule has 0 saturated heterocycles. The molecule has 112 valence electrons.